The van der Waals surface area contributed by atoms with Crippen LogP contribution in [0, 0.1) is 20.6 Å². The van der Waals surface area contributed by atoms with Gasteiger partial charge in [-0.25, -0.2) is 9.79 Å². The van der Waals surface area contributed by atoms with Gasteiger partial charge < -0.3 is 9.15 Å². The minimum atomic E-state index is -0.565. The van der Waals surface area contributed by atoms with Gasteiger partial charge in [-0.2, -0.15) is 0 Å². The molecule has 144 valence electrons. The second kappa shape index (κ2) is 7.63. The molecule has 0 radical (unpaired) electrons. The van der Waals surface area contributed by atoms with E-state index in [1.165, 1.54) is 18.2 Å². The highest BCUT2D eigenvalue weighted by Gasteiger charge is 2.25. The highest BCUT2D eigenvalue weighted by Crippen LogP contribution is 2.28. The highest BCUT2D eigenvalue weighted by molar-refractivity contribution is 14.1. The fraction of sp³-hybridized carbons (Fsp3) is 0.0476. The number of nitro groups is 1. The Hall–Kier alpha value is -3.27. The van der Waals surface area contributed by atoms with Gasteiger partial charge in [0, 0.05) is 32.9 Å². The van der Waals surface area contributed by atoms with Crippen molar-refractivity contribution in [3.63, 3.8) is 0 Å². The lowest BCUT2D eigenvalue weighted by Gasteiger charge is -2.02. The van der Waals surface area contributed by atoms with Crippen molar-refractivity contribution in [3.8, 4) is 11.3 Å². The molecule has 4 rings (SSSR count). The minimum Gasteiger partial charge on any atom is -0.457 e. The molecule has 2 heterocycles. The molecule has 0 saturated heterocycles. The maximum Gasteiger partial charge on any atom is 0.363 e. The lowest BCUT2D eigenvalue weighted by molar-refractivity contribution is -0.384. The number of aryl methyl sites for hydroxylation is 1. The maximum atomic E-state index is 12.2. The lowest BCUT2D eigenvalue weighted by atomic mass is 10.1. The summed E-state index contributed by atoms with van der Waals surface area (Å²) in [6.07, 6.45) is 1.48. The van der Waals surface area contributed by atoms with Crippen LogP contribution < -0.4 is 0 Å². The molecule has 0 fully saturated rings. The zero-order valence-electron chi connectivity index (χ0n) is 15.1. The maximum absolute atomic E-state index is 12.2. The Morgan fingerprint density at radius 3 is 2.69 bits per heavy atom. The van der Waals surface area contributed by atoms with Crippen LogP contribution in [0.25, 0.3) is 17.4 Å². The Balaban J connectivity index is 1.62. The number of carbonyl (C=O) groups is 1. The van der Waals surface area contributed by atoms with E-state index < -0.39 is 10.9 Å². The summed E-state index contributed by atoms with van der Waals surface area (Å²) < 4.78 is 12.1. The highest BCUT2D eigenvalue weighted by atomic mass is 127. The number of nitro benzene ring substituents is 1. The van der Waals surface area contributed by atoms with Crippen LogP contribution in [0.3, 0.4) is 0 Å². The molecule has 3 aromatic rings. The first-order valence-electron chi connectivity index (χ1n) is 8.54. The molecule has 2 aromatic carbocycles. The average molecular weight is 500 g/mol. The Morgan fingerprint density at radius 2 is 1.93 bits per heavy atom. The number of aliphatic imine (C=N–C) groups is 1. The Kier molecular flexibility index (Phi) is 5.01. The predicted octanol–water partition coefficient (Wildman–Crippen LogP) is 5.11. The van der Waals surface area contributed by atoms with Crippen LogP contribution in [0.1, 0.15) is 16.9 Å². The molecule has 0 unspecified atom stereocenters. The zero-order chi connectivity index (χ0) is 20.5. The number of ether oxygens (including phenoxy) is 1. The molecule has 0 aliphatic carbocycles. The number of esters is 1. The Morgan fingerprint density at radius 1 is 1.10 bits per heavy atom. The lowest BCUT2D eigenvalue weighted by Crippen LogP contribution is -2.05. The van der Waals surface area contributed by atoms with Crippen LogP contribution in [0.4, 0.5) is 5.69 Å². The van der Waals surface area contributed by atoms with Gasteiger partial charge >= 0.3 is 5.97 Å². The number of carbonyl (C=O) groups excluding carboxylic acids is 1. The van der Waals surface area contributed by atoms with Gasteiger partial charge in [-0.15, -0.1) is 0 Å². The largest absolute Gasteiger partial charge is 0.457 e. The van der Waals surface area contributed by atoms with Crippen LogP contribution in [0.2, 0.25) is 0 Å². The van der Waals surface area contributed by atoms with E-state index in [4.69, 9.17) is 9.15 Å². The van der Waals surface area contributed by atoms with Gasteiger partial charge in [0.15, 0.2) is 5.70 Å². The Bertz CT molecular complexity index is 1210. The molecule has 0 spiro atoms. The van der Waals surface area contributed by atoms with E-state index in [0.717, 1.165) is 14.7 Å². The third-order valence-electron chi connectivity index (χ3n) is 4.27. The normalized spacial score (nSPS) is 14.8. The first-order valence-corrected chi connectivity index (χ1v) is 9.62. The topological polar surface area (TPSA) is 94.9 Å². The van der Waals surface area contributed by atoms with Gasteiger partial charge in [0.2, 0.25) is 5.90 Å². The second-order valence-electron chi connectivity index (χ2n) is 6.31. The summed E-state index contributed by atoms with van der Waals surface area (Å²) in [7, 11) is 0. The first-order chi connectivity index (χ1) is 13.9. The number of hydrogen-bond donors (Lipinski definition) is 0. The number of non-ortho nitro benzene ring substituents is 1. The van der Waals surface area contributed by atoms with E-state index in [1.54, 1.807) is 24.3 Å². The van der Waals surface area contributed by atoms with Crippen molar-refractivity contribution < 1.29 is 18.9 Å². The molecule has 0 N–H and O–H groups in total. The molecular weight excluding hydrogens is 487 g/mol. The summed E-state index contributed by atoms with van der Waals surface area (Å²) in [6, 6.07) is 15.2. The molecule has 0 bridgehead atoms. The van der Waals surface area contributed by atoms with Crippen molar-refractivity contribution in [3.05, 3.63) is 90.9 Å². The number of nitrogens with zero attached hydrogens (tertiary/aromatic N) is 2. The fourth-order valence-corrected chi connectivity index (χ4v) is 3.14. The smallest absolute Gasteiger partial charge is 0.363 e. The molecule has 1 aliphatic rings. The molecule has 1 aliphatic heterocycles. The monoisotopic (exact) mass is 500 g/mol. The molecule has 7 nitrogen and oxygen atoms in total. The molecular formula is C21H13IN2O5. The number of benzene rings is 2. The van der Waals surface area contributed by atoms with E-state index in [2.05, 4.69) is 27.6 Å². The van der Waals surface area contributed by atoms with Gasteiger partial charge in [-0.1, -0.05) is 12.1 Å². The van der Waals surface area contributed by atoms with Crippen LogP contribution in [-0.4, -0.2) is 16.8 Å². The van der Waals surface area contributed by atoms with Gasteiger partial charge in [0.1, 0.15) is 11.5 Å². The summed E-state index contributed by atoms with van der Waals surface area (Å²) in [5.74, 6) is 0.516. The number of halogens is 1. The van der Waals surface area contributed by atoms with Crippen molar-refractivity contribution in [1.82, 2.24) is 0 Å². The quantitative estimate of drug-likeness (QED) is 0.163. The van der Waals surface area contributed by atoms with Crippen molar-refractivity contribution in [2.24, 2.45) is 4.99 Å². The number of cyclic esters (lactones) is 1. The fourth-order valence-electron chi connectivity index (χ4n) is 2.80. The third kappa shape index (κ3) is 3.97. The van der Waals surface area contributed by atoms with Crippen LogP contribution >= 0.6 is 22.6 Å². The van der Waals surface area contributed by atoms with Gasteiger partial charge in [-0.05, 0) is 65.4 Å². The summed E-state index contributed by atoms with van der Waals surface area (Å²) in [4.78, 5) is 26.9. The van der Waals surface area contributed by atoms with Crippen molar-refractivity contribution >= 4 is 46.2 Å². The summed E-state index contributed by atoms with van der Waals surface area (Å²) >= 11 is 2.23. The average Bonchev–Trinajstić information content (AvgIpc) is 3.31. The third-order valence-corrected chi connectivity index (χ3v) is 5.48. The SMILES string of the molecule is Cc1cc(C2=N/C(=C\c3ccc(-c4cccc([N+](=O)[O-])c4)o3)C(=O)O2)ccc1I. The van der Waals surface area contributed by atoms with E-state index in [1.807, 2.05) is 25.1 Å². The van der Waals surface area contributed by atoms with E-state index in [0.29, 0.717) is 17.1 Å². The minimum absolute atomic E-state index is 0.0276. The van der Waals surface area contributed by atoms with Crippen molar-refractivity contribution in [2.75, 3.05) is 0 Å². The number of hydrogen-bond acceptors (Lipinski definition) is 6. The van der Waals surface area contributed by atoms with Gasteiger partial charge in [0.25, 0.3) is 5.69 Å². The second-order valence-corrected chi connectivity index (χ2v) is 7.47. The summed E-state index contributed by atoms with van der Waals surface area (Å²) in [5.41, 5.74) is 2.44. The zero-order valence-corrected chi connectivity index (χ0v) is 17.2. The number of furan rings is 1. The molecule has 8 heteroatoms. The van der Waals surface area contributed by atoms with Crippen LogP contribution in [0.5, 0.6) is 0 Å². The summed E-state index contributed by atoms with van der Waals surface area (Å²) in [5, 5.41) is 10.9. The van der Waals surface area contributed by atoms with Gasteiger partial charge in [-0.3, -0.25) is 10.1 Å². The predicted molar refractivity (Wildman–Crippen MR) is 115 cm³/mol. The Labute approximate surface area is 179 Å². The molecule has 0 atom stereocenters. The first kappa shape index (κ1) is 19.1. The van der Waals surface area contributed by atoms with E-state index in [-0.39, 0.29) is 17.3 Å². The number of rotatable bonds is 4. The molecule has 1 aromatic heterocycles. The standard InChI is InChI=1S/C21H13IN2O5/c1-12-9-14(5-7-17(12)22)20-23-18(21(25)29-20)11-16-6-8-19(28-16)13-3-2-4-15(10-13)24(26)27/h2-11H,1H3/b18-11-. The molecule has 0 saturated carbocycles. The van der Waals surface area contributed by atoms with Crippen LogP contribution in [0.15, 0.2) is 69.7 Å². The van der Waals surface area contributed by atoms with Gasteiger partial charge in [0.05, 0.1) is 4.92 Å². The van der Waals surface area contributed by atoms with E-state index >= 15 is 0 Å². The van der Waals surface area contributed by atoms with Crippen molar-refractivity contribution in [2.45, 2.75) is 6.92 Å². The molecule has 29 heavy (non-hydrogen) atoms. The summed E-state index contributed by atoms with van der Waals surface area (Å²) in [6.45, 7) is 1.97. The molecule has 0 amide bonds. The van der Waals surface area contributed by atoms with E-state index in [9.17, 15) is 14.9 Å². The van der Waals surface area contributed by atoms with Crippen LogP contribution in [-0.2, 0) is 9.53 Å². The van der Waals surface area contributed by atoms with Crippen molar-refractivity contribution in [1.29, 1.82) is 0 Å².